The maximum atomic E-state index is 12.5. The number of aryl methyl sites for hydroxylation is 2. The summed E-state index contributed by atoms with van der Waals surface area (Å²) in [7, 11) is -0.597. The van der Waals surface area contributed by atoms with Gasteiger partial charge in [-0.25, -0.2) is 17.9 Å². The van der Waals surface area contributed by atoms with Crippen molar-refractivity contribution >= 4 is 21.9 Å². The van der Waals surface area contributed by atoms with Gasteiger partial charge in [-0.2, -0.15) is 0 Å². The van der Waals surface area contributed by atoms with Crippen LogP contribution in [-0.2, 0) is 29.0 Å². The molecule has 2 N–H and O–H groups in total. The smallest absolute Gasteiger partial charge is 0.371 e. The highest BCUT2D eigenvalue weighted by atomic mass is 32.2. The summed E-state index contributed by atoms with van der Waals surface area (Å²) in [5.41, 5.74) is 6.20. The second-order valence-electron chi connectivity index (χ2n) is 13.4. The van der Waals surface area contributed by atoms with Crippen molar-refractivity contribution < 1.29 is 50.9 Å². The fraction of sp³-hybridized carbons (Fsp3) is 0.149. The zero-order valence-corrected chi connectivity index (χ0v) is 34.2. The summed E-state index contributed by atoms with van der Waals surface area (Å²) in [5.74, 6) is 1.62. The Kier molecular flexibility index (Phi) is 13.7. The van der Waals surface area contributed by atoms with Gasteiger partial charge >= 0.3 is 5.97 Å². The number of methoxy groups -OCH3 is 2. The normalized spacial score (nSPS) is 10.9. The highest BCUT2D eigenvalue weighted by molar-refractivity contribution is 7.89. The zero-order chi connectivity index (χ0) is 42.6. The van der Waals surface area contributed by atoms with E-state index in [9.17, 15) is 18.0 Å². The molecule has 308 valence electrons. The van der Waals surface area contributed by atoms with Crippen LogP contribution in [0.3, 0.4) is 0 Å². The zero-order valence-electron chi connectivity index (χ0n) is 33.3. The van der Waals surface area contributed by atoms with Crippen LogP contribution < -0.4 is 23.7 Å². The number of rotatable bonds is 15. The molecule has 0 aliphatic rings. The molecule has 0 aliphatic carbocycles. The molecule has 7 aromatic rings. The van der Waals surface area contributed by atoms with Gasteiger partial charge in [0.1, 0.15) is 47.7 Å². The number of furan rings is 2. The number of sulfonamides is 1. The molecule has 7 rings (SSSR count). The standard InChI is InChI=1S/C27H25NO6S.C20H18O5/c1-19-23(16-26(34-19)27(29)28-35(30,31)18-20-6-4-3-5-7-20)17-33-25-14-10-22(11-15-25)21-8-12-24(32-2)13-9-21;1-13-16(11-19(25-13)20(21)22)12-24-18-9-5-15(6-10-18)14-3-7-17(23-2)8-4-14/h3-16H,17-18H2,1-2H3,(H,28,29);3-11H,12H2,1-2H3,(H,21,22). The third-order valence-corrected chi connectivity index (χ3v) is 10.5. The van der Waals surface area contributed by atoms with E-state index in [1.54, 1.807) is 58.4 Å². The Morgan fingerprint density at radius 2 is 0.950 bits per heavy atom. The second kappa shape index (κ2) is 19.5. The van der Waals surface area contributed by atoms with Crippen LogP contribution in [0.25, 0.3) is 22.3 Å². The SMILES string of the molecule is COc1ccc(-c2ccc(OCc3cc(C(=O)NS(=O)(=O)Cc4ccccc4)oc3C)cc2)cc1.COc1ccc(-c2ccc(OCc3cc(C(=O)O)oc3C)cc2)cc1. The number of carbonyl (C=O) groups is 2. The quantitative estimate of drug-likeness (QED) is 0.101. The largest absolute Gasteiger partial charge is 0.497 e. The van der Waals surface area contributed by atoms with Crippen molar-refractivity contribution in [1.82, 2.24) is 4.72 Å². The Bertz CT molecular complexity index is 2610. The fourth-order valence-corrected chi connectivity index (χ4v) is 7.03. The third kappa shape index (κ3) is 11.4. The van der Waals surface area contributed by atoms with E-state index in [1.165, 1.54) is 12.1 Å². The number of hydrogen-bond donors (Lipinski definition) is 2. The van der Waals surface area contributed by atoms with Crippen molar-refractivity contribution in [2.24, 2.45) is 0 Å². The Labute approximate surface area is 348 Å². The maximum absolute atomic E-state index is 12.5. The summed E-state index contributed by atoms with van der Waals surface area (Å²) in [5, 5.41) is 8.94. The molecule has 60 heavy (non-hydrogen) atoms. The molecular weight excluding hydrogens is 787 g/mol. The lowest BCUT2D eigenvalue weighted by Gasteiger charge is -2.07. The molecule has 0 spiro atoms. The summed E-state index contributed by atoms with van der Waals surface area (Å²) < 4.78 is 59.3. The number of ether oxygens (including phenoxy) is 4. The van der Waals surface area contributed by atoms with Crippen LogP contribution in [0.2, 0.25) is 0 Å². The van der Waals surface area contributed by atoms with E-state index in [0.29, 0.717) is 34.1 Å². The van der Waals surface area contributed by atoms with Crippen LogP contribution in [0.4, 0.5) is 0 Å². The van der Waals surface area contributed by atoms with E-state index in [1.807, 2.05) is 97.1 Å². The molecule has 0 unspecified atom stereocenters. The van der Waals surface area contributed by atoms with Crippen molar-refractivity contribution in [3.63, 3.8) is 0 Å². The lowest BCUT2D eigenvalue weighted by Crippen LogP contribution is -2.31. The molecule has 0 aliphatic heterocycles. The van der Waals surface area contributed by atoms with Gasteiger partial charge in [-0.15, -0.1) is 0 Å². The van der Waals surface area contributed by atoms with E-state index in [-0.39, 0.29) is 30.5 Å². The van der Waals surface area contributed by atoms with Crippen LogP contribution in [0.15, 0.2) is 148 Å². The molecule has 0 saturated heterocycles. The number of nitrogens with one attached hydrogen (secondary N) is 1. The predicted octanol–water partition coefficient (Wildman–Crippen LogP) is 9.64. The molecular formula is C47H43NO11S. The van der Waals surface area contributed by atoms with Crippen LogP contribution >= 0.6 is 0 Å². The molecule has 2 aromatic heterocycles. The van der Waals surface area contributed by atoms with Crippen LogP contribution in [0.5, 0.6) is 23.0 Å². The van der Waals surface area contributed by atoms with Crippen molar-refractivity contribution in [3.05, 3.63) is 179 Å². The highest BCUT2D eigenvalue weighted by Crippen LogP contribution is 2.27. The minimum Gasteiger partial charge on any atom is -0.497 e. The Morgan fingerprint density at radius 1 is 0.567 bits per heavy atom. The number of carboxylic acid groups (broad SMARTS) is 1. The number of carboxylic acids is 1. The van der Waals surface area contributed by atoms with Gasteiger partial charge in [0, 0.05) is 11.1 Å². The van der Waals surface area contributed by atoms with Gasteiger partial charge in [0.25, 0.3) is 5.91 Å². The van der Waals surface area contributed by atoms with Gasteiger partial charge in [-0.1, -0.05) is 78.9 Å². The van der Waals surface area contributed by atoms with Gasteiger partial charge in [-0.3, -0.25) is 4.79 Å². The predicted molar refractivity (Wildman–Crippen MR) is 226 cm³/mol. The van der Waals surface area contributed by atoms with Crippen molar-refractivity contribution in [3.8, 4) is 45.3 Å². The molecule has 13 heteroatoms. The average molecular weight is 830 g/mol. The Morgan fingerprint density at radius 3 is 1.33 bits per heavy atom. The minimum absolute atomic E-state index is 0.0778. The Hall–Kier alpha value is -7.25. The first-order valence-corrected chi connectivity index (χ1v) is 20.3. The molecule has 1 amide bonds. The topological polar surface area (TPSA) is 164 Å². The summed E-state index contributed by atoms with van der Waals surface area (Å²) in [6, 6.07) is 42.6. The van der Waals surface area contributed by atoms with Gasteiger partial charge in [0.15, 0.2) is 5.76 Å². The molecule has 0 saturated carbocycles. The summed E-state index contributed by atoms with van der Waals surface area (Å²) in [6.07, 6.45) is 0. The summed E-state index contributed by atoms with van der Waals surface area (Å²) in [4.78, 5) is 23.4. The molecule has 2 heterocycles. The van der Waals surface area contributed by atoms with E-state index >= 15 is 0 Å². The van der Waals surface area contributed by atoms with Gasteiger partial charge in [-0.05, 0) is 102 Å². The first kappa shape index (κ1) is 42.4. The lowest BCUT2D eigenvalue weighted by molar-refractivity contribution is 0.0660. The second-order valence-corrected chi connectivity index (χ2v) is 15.2. The molecule has 0 radical (unpaired) electrons. The third-order valence-electron chi connectivity index (χ3n) is 9.27. The molecule has 0 fully saturated rings. The molecule has 5 aromatic carbocycles. The monoisotopic (exact) mass is 829 g/mol. The summed E-state index contributed by atoms with van der Waals surface area (Å²) in [6.45, 7) is 3.84. The lowest BCUT2D eigenvalue weighted by atomic mass is 10.1. The molecule has 0 bridgehead atoms. The molecule has 12 nitrogen and oxygen atoms in total. The van der Waals surface area contributed by atoms with E-state index in [2.05, 4.69) is 4.72 Å². The van der Waals surface area contributed by atoms with E-state index in [0.717, 1.165) is 39.3 Å². The minimum atomic E-state index is -3.87. The summed E-state index contributed by atoms with van der Waals surface area (Å²) >= 11 is 0. The fourth-order valence-electron chi connectivity index (χ4n) is 5.94. The average Bonchev–Trinajstić information content (AvgIpc) is 3.84. The van der Waals surface area contributed by atoms with E-state index in [4.69, 9.17) is 32.9 Å². The van der Waals surface area contributed by atoms with Crippen molar-refractivity contribution in [2.45, 2.75) is 32.8 Å². The van der Waals surface area contributed by atoms with Crippen LogP contribution in [-0.4, -0.2) is 39.6 Å². The van der Waals surface area contributed by atoms with E-state index < -0.39 is 21.9 Å². The van der Waals surface area contributed by atoms with Gasteiger partial charge in [0.05, 0.1) is 20.0 Å². The van der Waals surface area contributed by atoms with Gasteiger partial charge < -0.3 is 32.9 Å². The number of benzene rings is 5. The number of carbonyl (C=O) groups excluding carboxylic acids is 1. The van der Waals surface area contributed by atoms with Crippen LogP contribution in [0.1, 0.15) is 49.3 Å². The molecule has 0 atom stereocenters. The first-order chi connectivity index (χ1) is 28.9. The Balaban J connectivity index is 0.000000213. The van der Waals surface area contributed by atoms with Crippen molar-refractivity contribution in [2.75, 3.05) is 14.2 Å². The number of aromatic carboxylic acids is 1. The highest BCUT2D eigenvalue weighted by Gasteiger charge is 2.21. The van der Waals surface area contributed by atoms with Crippen LogP contribution in [0, 0.1) is 13.8 Å². The number of amides is 1. The number of hydrogen-bond acceptors (Lipinski definition) is 10. The maximum Gasteiger partial charge on any atom is 0.371 e. The first-order valence-electron chi connectivity index (χ1n) is 18.6. The van der Waals surface area contributed by atoms with Crippen molar-refractivity contribution in [1.29, 1.82) is 0 Å². The van der Waals surface area contributed by atoms with Gasteiger partial charge in [0.2, 0.25) is 15.8 Å².